The van der Waals surface area contributed by atoms with Crippen molar-refractivity contribution in [3.63, 3.8) is 0 Å². The molecule has 29 heavy (non-hydrogen) atoms. The largest absolute Gasteiger partial charge is 0.370 e. The number of hydrogen-bond donors (Lipinski definition) is 2. The molecule has 0 amide bonds. The van der Waals surface area contributed by atoms with E-state index in [-0.39, 0.29) is 5.56 Å². The highest BCUT2D eigenvalue weighted by Gasteiger charge is 2.47. The molecule has 2 aromatic heterocycles. The Morgan fingerprint density at radius 3 is 2.55 bits per heavy atom. The van der Waals surface area contributed by atoms with Gasteiger partial charge in [0, 0.05) is 65.8 Å². The van der Waals surface area contributed by atoms with Crippen molar-refractivity contribution in [3.05, 3.63) is 47.0 Å². The summed E-state index contributed by atoms with van der Waals surface area (Å²) in [6, 6.07) is 7.56. The number of aryl methyl sites for hydroxylation is 1. The first-order chi connectivity index (χ1) is 13.7. The van der Waals surface area contributed by atoms with Gasteiger partial charge in [0.15, 0.2) is 0 Å². The van der Waals surface area contributed by atoms with Crippen molar-refractivity contribution in [2.24, 2.45) is 12.5 Å². The van der Waals surface area contributed by atoms with E-state index in [1.54, 1.807) is 17.8 Å². The van der Waals surface area contributed by atoms with Crippen LogP contribution in [-0.4, -0.2) is 37.3 Å². The van der Waals surface area contributed by atoms with Crippen molar-refractivity contribution in [1.29, 1.82) is 0 Å². The van der Waals surface area contributed by atoms with E-state index in [1.165, 1.54) is 19.3 Å². The van der Waals surface area contributed by atoms with Crippen LogP contribution in [0.15, 0.2) is 41.5 Å². The molecule has 3 aromatic rings. The lowest BCUT2D eigenvalue weighted by molar-refractivity contribution is 0.0905. The number of sulfonamides is 1. The van der Waals surface area contributed by atoms with Crippen molar-refractivity contribution >= 4 is 32.3 Å². The Kier molecular flexibility index (Phi) is 3.87. The number of fused-ring (bicyclic) bond motifs is 1. The molecule has 0 radical (unpaired) electrons. The fraction of sp³-hybridized carbons (Fsp3) is 0.381. The average molecular weight is 413 g/mol. The molecule has 1 aromatic carbocycles. The summed E-state index contributed by atoms with van der Waals surface area (Å²) in [6.07, 6.45) is 8.62. The molecule has 1 spiro atoms. The first-order valence-electron chi connectivity index (χ1n) is 9.79. The van der Waals surface area contributed by atoms with Crippen LogP contribution in [0.1, 0.15) is 19.3 Å². The number of benzene rings is 1. The van der Waals surface area contributed by atoms with Crippen LogP contribution in [0.2, 0.25) is 0 Å². The highest BCUT2D eigenvalue weighted by molar-refractivity contribution is 7.92. The van der Waals surface area contributed by atoms with E-state index in [0.717, 1.165) is 41.5 Å². The zero-order chi connectivity index (χ0) is 20.4. The van der Waals surface area contributed by atoms with Crippen LogP contribution in [0, 0.1) is 5.41 Å². The predicted octanol–water partition coefficient (Wildman–Crippen LogP) is 2.90. The van der Waals surface area contributed by atoms with Gasteiger partial charge in [-0.25, -0.2) is 8.42 Å². The number of rotatable bonds is 4. The fourth-order valence-electron chi connectivity index (χ4n) is 4.72. The first-order valence-corrected chi connectivity index (χ1v) is 11.7. The van der Waals surface area contributed by atoms with Crippen molar-refractivity contribution in [1.82, 2.24) is 9.55 Å². The van der Waals surface area contributed by atoms with E-state index in [9.17, 15) is 13.2 Å². The minimum Gasteiger partial charge on any atom is -0.370 e. The van der Waals surface area contributed by atoms with E-state index in [0.29, 0.717) is 16.6 Å². The molecule has 2 fully saturated rings. The van der Waals surface area contributed by atoms with Crippen LogP contribution < -0.4 is 15.2 Å². The minimum absolute atomic E-state index is 0.0851. The summed E-state index contributed by atoms with van der Waals surface area (Å²) >= 11 is 0. The second-order valence-corrected chi connectivity index (χ2v) is 10.3. The highest BCUT2D eigenvalue weighted by Crippen LogP contribution is 2.51. The van der Waals surface area contributed by atoms with Gasteiger partial charge in [0.05, 0.1) is 6.26 Å². The summed E-state index contributed by atoms with van der Waals surface area (Å²) in [6.45, 7) is 2.06. The fourth-order valence-corrected chi connectivity index (χ4v) is 5.27. The van der Waals surface area contributed by atoms with Gasteiger partial charge in [-0.1, -0.05) is 6.42 Å². The van der Waals surface area contributed by atoms with E-state index >= 15 is 0 Å². The predicted molar refractivity (Wildman–Crippen MR) is 116 cm³/mol. The molecule has 8 heteroatoms. The van der Waals surface area contributed by atoms with Gasteiger partial charge in [0.2, 0.25) is 10.0 Å². The Labute approximate surface area is 169 Å². The number of hydrogen-bond acceptors (Lipinski definition) is 4. The molecular formula is C21H24N4O3S. The van der Waals surface area contributed by atoms with Gasteiger partial charge in [-0.2, -0.15) is 0 Å². The number of anilines is 2. The first kappa shape index (κ1) is 18.3. The summed E-state index contributed by atoms with van der Waals surface area (Å²) in [4.78, 5) is 17.9. The smallest absolute Gasteiger partial charge is 0.274 e. The maximum Gasteiger partial charge on any atom is 0.274 e. The lowest BCUT2D eigenvalue weighted by Gasteiger charge is -2.57. The SMILES string of the molecule is Cn1cc(-c2cc(NS(C)(=O)=O)ccc2N2CC3(CCC3)C2)c2cc[nH]c2c1=O. The molecule has 1 aliphatic carbocycles. The summed E-state index contributed by atoms with van der Waals surface area (Å²) in [5, 5.41) is 0.838. The van der Waals surface area contributed by atoms with Crippen LogP contribution in [0.5, 0.6) is 0 Å². The summed E-state index contributed by atoms with van der Waals surface area (Å²) in [7, 11) is -1.65. The van der Waals surface area contributed by atoms with Gasteiger partial charge in [0.25, 0.3) is 5.56 Å². The van der Waals surface area contributed by atoms with Crippen molar-refractivity contribution in [3.8, 4) is 11.1 Å². The summed E-state index contributed by atoms with van der Waals surface area (Å²) < 4.78 is 27.7. The van der Waals surface area contributed by atoms with Gasteiger partial charge in [-0.15, -0.1) is 0 Å². The number of nitrogens with zero attached hydrogens (tertiary/aromatic N) is 2. The van der Waals surface area contributed by atoms with Gasteiger partial charge < -0.3 is 14.5 Å². The van der Waals surface area contributed by atoms with Gasteiger partial charge in [0.1, 0.15) is 5.52 Å². The van der Waals surface area contributed by atoms with Crippen molar-refractivity contribution in [2.45, 2.75) is 19.3 Å². The monoisotopic (exact) mass is 412 g/mol. The van der Waals surface area contributed by atoms with Crippen LogP contribution in [0.4, 0.5) is 11.4 Å². The van der Waals surface area contributed by atoms with E-state index in [4.69, 9.17) is 0 Å². The number of H-pyrrole nitrogens is 1. The molecule has 1 saturated carbocycles. The zero-order valence-electron chi connectivity index (χ0n) is 16.5. The highest BCUT2D eigenvalue weighted by atomic mass is 32.2. The normalized spacial score (nSPS) is 17.9. The second kappa shape index (κ2) is 6.13. The third kappa shape index (κ3) is 3.02. The molecule has 3 heterocycles. The Bertz CT molecular complexity index is 1280. The molecule has 1 saturated heterocycles. The molecule has 0 unspecified atom stereocenters. The summed E-state index contributed by atoms with van der Waals surface area (Å²) in [5.74, 6) is 0. The van der Waals surface area contributed by atoms with Crippen LogP contribution >= 0.6 is 0 Å². The van der Waals surface area contributed by atoms with Gasteiger partial charge >= 0.3 is 0 Å². The van der Waals surface area contributed by atoms with Gasteiger partial charge in [-0.3, -0.25) is 9.52 Å². The number of nitrogens with one attached hydrogen (secondary N) is 2. The van der Waals surface area contributed by atoms with E-state index < -0.39 is 10.0 Å². The third-order valence-corrected chi connectivity index (χ3v) is 6.90. The zero-order valence-corrected chi connectivity index (χ0v) is 17.3. The molecule has 1 aliphatic heterocycles. The lowest BCUT2D eigenvalue weighted by Crippen LogP contribution is -2.60. The average Bonchev–Trinajstić information content (AvgIpc) is 3.05. The third-order valence-electron chi connectivity index (χ3n) is 6.29. The van der Waals surface area contributed by atoms with E-state index in [2.05, 4.69) is 14.6 Å². The number of pyridine rings is 1. The van der Waals surface area contributed by atoms with Crippen molar-refractivity contribution in [2.75, 3.05) is 29.0 Å². The molecule has 0 bridgehead atoms. The quantitative estimate of drug-likeness (QED) is 0.690. The van der Waals surface area contributed by atoms with Crippen LogP contribution in [0.25, 0.3) is 22.0 Å². The standard InChI is InChI=1S/C21H24N4O3S/c1-24-11-17(15-6-9-22-19(15)20(24)26)16-10-14(23-29(2,27)28)4-5-18(16)25-12-21(13-25)7-3-8-21/h4-6,9-11,22-23H,3,7-8,12-13H2,1-2H3. The van der Waals surface area contributed by atoms with Gasteiger partial charge in [-0.05, 0) is 37.1 Å². The summed E-state index contributed by atoms with van der Waals surface area (Å²) in [5.41, 5.74) is 4.35. The lowest BCUT2D eigenvalue weighted by atomic mass is 9.63. The maximum absolute atomic E-state index is 12.5. The van der Waals surface area contributed by atoms with Crippen LogP contribution in [0.3, 0.4) is 0 Å². The molecule has 5 rings (SSSR count). The molecule has 0 atom stereocenters. The van der Waals surface area contributed by atoms with Crippen LogP contribution in [-0.2, 0) is 17.1 Å². The van der Waals surface area contributed by atoms with Crippen molar-refractivity contribution < 1.29 is 8.42 Å². The maximum atomic E-state index is 12.5. The Balaban J connectivity index is 1.67. The Hall–Kier alpha value is -2.74. The molecular weight excluding hydrogens is 388 g/mol. The Morgan fingerprint density at radius 2 is 1.90 bits per heavy atom. The van der Waals surface area contributed by atoms with E-state index in [1.807, 2.05) is 30.5 Å². The molecule has 2 aliphatic rings. The molecule has 2 N–H and O–H groups in total. The topological polar surface area (TPSA) is 87.2 Å². The minimum atomic E-state index is -3.39. The molecule has 152 valence electrons. The Morgan fingerprint density at radius 1 is 1.14 bits per heavy atom. The number of aromatic nitrogens is 2. The molecule has 7 nitrogen and oxygen atoms in total. The second-order valence-electron chi connectivity index (χ2n) is 8.54. The number of aromatic amines is 1.